The lowest BCUT2D eigenvalue weighted by molar-refractivity contribution is 0.669. The summed E-state index contributed by atoms with van der Waals surface area (Å²) < 4.78 is 6.41. The molecule has 0 spiro atoms. The first-order chi connectivity index (χ1) is 22.7. The van der Waals surface area contributed by atoms with E-state index in [-0.39, 0.29) is 0 Å². The van der Waals surface area contributed by atoms with Crippen LogP contribution in [0, 0.1) is 5.92 Å². The van der Waals surface area contributed by atoms with Gasteiger partial charge >= 0.3 is 0 Å². The van der Waals surface area contributed by atoms with E-state index in [4.69, 9.17) is 4.42 Å². The summed E-state index contributed by atoms with van der Waals surface area (Å²) in [4.78, 5) is 0. The molecule has 1 N–H and O–H groups in total. The number of benzene rings is 6. The average molecular weight is 592 g/mol. The highest BCUT2D eigenvalue weighted by molar-refractivity contribution is 6.07. The molecule has 7 aromatic rings. The minimum Gasteiger partial charge on any atom is -0.456 e. The Morgan fingerprint density at radius 2 is 1.37 bits per heavy atom. The molecule has 9 rings (SSSR count). The van der Waals surface area contributed by atoms with E-state index in [0.29, 0.717) is 5.92 Å². The maximum Gasteiger partial charge on any atom is 0.137 e. The average Bonchev–Trinajstić information content (AvgIpc) is 3.63. The van der Waals surface area contributed by atoms with Crippen molar-refractivity contribution in [3.63, 3.8) is 0 Å². The van der Waals surface area contributed by atoms with Crippen molar-refractivity contribution in [1.82, 2.24) is 0 Å². The Morgan fingerprint density at radius 3 is 2.22 bits per heavy atom. The molecule has 0 fully saturated rings. The van der Waals surface area contributed by atoms with Crippen LogP contribution in [0.5, 0.6) is 0 Å². The molecule has 2 aliphatic carbocycles. The summed E-state index contributed by atoms with van der Waals surface area (Å²) >= 11 is 0. The minimum absolute atomic E-state index is 0.445. The molecule has 6 aromatic carbocycles. The van der Waals surface area contributed by atoms with Crippen LogP contribution in [-0.2, 0) is 5.41 Å². The SMILES string of the molecule is CC1CC=CC2=C1c1ccccc1C2(c1ccccc1)c1ccccc1Nc1ccc2c(c1)oc1ccc(-c3ccccc3)cc12. The number of fused-ring (bicyclic) bond motifs is 5. The zero-order valence-electron chi connectivity index (χ0n) is 25.7. The van der Waals surface area contributed by atoms with Gasteiger partial charge in [-0.05, 0) is 87.2 Å². The van der Waals surface area contributed by atoms with E-state index in [0.717, 1.165) is 39.7 Å². The predicted octanol–water partition coefficient (Wildman–Crippen LogP) is 11.7. The van der Waals surface area contributed by atoms with E-state index in [1.807, 2.05) is 0 Å². The number of nitrogens with one attached hydrogen (secondary N) is 1. The highest BCUT2D eigenvalue weighted by Gasteiger charge is 2.49. The van der Waals surface area contributed by atoms with E-state index >= 15 is 0 Å². The van der Waals surface area contributed by atoms with Gasteiger partial charge in [0.15, 0.2) is 0 Å². The summed E-state index contributed by atoms with van der Waals surface area (Å²) in [5.41, 5.74) is 13.9. The van der Waals surface area contributed by atoms with Gasteiger partial charge in [-0.1, -0.05) is 128 Å². The summed E-state index contributed by atoms with van der Waals surface area (Å²) in [6.07, 6.45) is 5.81. The van der Waals surface area contributed by atoms with Crippen LogP contribution in [0.15, 0.2) is 168 Å². The molecule has 2 heteroatoms. The van der Waals surface area contributed by atoms with Crippen LogP contribution in [0.1, 0.15) is 35.6 Å². The molecule has 0 saturated carbocycles. The van der Waals surface area contributed by atoms with E-state index < -0.39 is 5.41 Å². The number of allylic oxidation sites excluding steroid dienone is 4. The van der Waals surface area contributed by atoms with Crippen molar-refractivity contribution in [1.29, 1.82) is 0 Å². The number of furan rings is 1. The number of para-hydroxylation sites is 1. The Kier molecular flexibility index (Phi) is 6.11. The van der Waals surface area contributed by atoms with Crippen molar-refractivity contribution in [2.75, 3.05) is 5.32 Å². The van der Waals surface area contributed by atoms with Crippen molar-refractivity contribution in [3.05, 3.63) is 186 Å². The second kappa shape index (κ2) is 10.5. The first-order valence-corrected chi connectivity index (χ1v) is 16.2. The molecule has 0 aliphatic heterocycles. The van der Waals surface area contributed by atoms with E-state index in [9.17, 15) is 0 Å². The molecular weight excluding hydrogens is 558 g/mol. The third-order valence-electron chi connectivity index (χ3n) is 9.98. The second-order valence-electron chi connectivity index (χ2n) is 12.6. The molecule has 0 amide bonds. The van der Waals surface area contributed by atoms with Crippen molar-refractivity contribution in [2.45, 2.75) is 18.8 Å². The van der Waals surface area contributed by atoms with E-state index in [2.05, 4.69) is 170 Å². The van der Waals surface area contributed by atoms with Gasteiger partial charge in [-0.2, -0.15) is 0 Å². The lowest BCUT2D eigenvalue weighted by atomic mass is 9.65. The number of hydrogen-bond acceptors (Lipinski definition) is 2. The quantitative estimate of drug-likeness (QED) is 0.215. The summed E-state index contributed by atoms with van der Waals surface area (Å²) in [7, 11) is 0. The van der Waals surface area contributed by atoms with Crippen LogP contribution in [-0.4, -0.2) is 0 Å². The Hall–Kier alpha value is -5.60. The molecular formula is C44H33NO. The molecule has 0 bridgehead atoms. The van der Waals surface area contributed by atoms with Crippen LogP contribution < -0.4 is 5.32 Å². The predicted molar refractivity (Wildman–Crippen MR) is 191 cm³/mol. The van der Waals surface area contributed by atoms with Gasteiger partial charge < -0.3 is 9.73 Å². The molecule has 2 nitrogen and oxygen atoms in total. The highest BCUT2D eigenvalue weighted by atomic mass is 16.3. The number of hydrogen-bond donors (Lipinski definition) is 1. The van der Waals surface area contributed by atoms with Crippen LogP contribution in [0.3, 0.4) is 0 Å². The maximum atomic E-state index is 6.41. The third kappa shape index (κ3) is 3.96. The van der Waals surface area contributed by atoms with Crippen LogP contribution in [0.2, 0.25) is 0 Å². The van der Waals surface area contributed by atoms with Gasteiger partial charge in [0.1, 0.15) is 11.2 Å². The fourth-order valence-electron chi connectivity index (χ4n) is 7.98. The Labute approximate surface area is 269 Å². The normalized spacial score (nSPS) is 18.6. The largest absolute Gasteiger partial charge is 0.456 e. The van der Waals surface area contributed by atoms with Gasteiger partial charge in [-0.25, -0.2) is 0 Å². The van der Waals surface area contributed by atoms with E-state index in [1.54, 1.807) is 0 Å². The maximum absolute atomic E-state index is 6.41. The smallest absolute Gasteiger partial charge is 0.137 e. The summed E-state index contributed by atoms with van der Waals surface area (Å²) in [6, 6.07) is 52.4. The standard InChI is InChI=1S/C44H33NO/c1-29-13-12-21-39-43(29)35-18-8-9-19-37(35)44(39,32-16-6-3-7-17-32)38-20-10-11-22-40(38)45-33-24-25-34-36-27-31(30-14-4-2-5-15-30)23-26-41(36)46-42(34)28-33/h2-12,14-29,45H,13H2,1H3. The lowest BCUT2D eigenvalue weighted by Gasteiger charge is -2.37. The molecule has 220 valence electrons. The van der Waals surface area contributed by atoms with Crippen LogP contribution in [0.4, 0.5) is 11.4 Å². The Bertz CT molecular complexity index is 2330. The van der Waals surface area contributed by atoms with Crippen molar-refractivity contribution in [3.8, 4) is 11.1 Å². The highest BCUT2D eigenvalue weighted by Crippen LogP contribution is 2.59. The molecule has 0 radical (unpaired) electrons. The fraction of sp³-hybridized carbons (Fsp3) is 0.0909. The van der Waals surface area contributed by atoms with Crippen LogP contribution >= 0.6 is 0 Å². The van der Waals surface area contributed by atoms with E-state index in [1.165, 1.54) is 44.5 Å². The Morgan fingerprint density at radius 1 is 0.630 bits per heavy atom. The third-order valence-corrected chi connectivity index (χ3v) is 9.98. The second-order valence-corrected chi connectivity index (χ2v) is 12.6. The van der Waals surface area contributed by atoms with Gasteiger partial charge in [0.25, 0.3) is 0 Å². The van der Waals surface area contributed by atoms with Crippen LogP contribution in [0.25, 0.3) is 38.6 Å². The minimum atomic E-state index is -0.445. The summed E-state index contributed by atoms with van der Waals surface area (Å²) in [5.74, 6) is 0.449. The molecule has 1 aromatic heterocycles. The molecule has 1 heterocycles. The zero-order chi connectivity index (χ0) is 30.7. The van der Waals surface area contributed by atoms with Gasteiger partial charge in [0.2, 0.25) is 0 Å². The number of anilines is 2. The molecule has 2 atom stereocenters. The number of rotatable bonds is 5. The summed E-state index contributed by atoms with van der Waals surface area (Å²) in [6.45, 7) is 2.37. The van der Waals surface area contributed by atoms with Gasteiger partial charge in [0, 0.05) is 28.2 Å². The van der Waals surface area contributed by atoms with Gasteiger partial charge in [0.05, 0.1) is 5.41 Å². The van der Waals surface area contributed by atoms with Crippen molar-refractivity contribution < 1.29 is 4.42 Å². The van der Waals surface area contributed by atoms with Gasteiger partial charge in [-0.15, -0.1) is 0 Å². The molecule has 2 aliphatic rings. The molecule has 46 heavy (non-hydrogen) atoms. The monoisotopic (exact) mass is 591 g/mol. The molecule has 0 saturated heterocycles. The van der Waals surface area contributed by atoms with Crippen molar-refractivity contribution >= 4 is 38.9 Å². The zero-order valence-corrected chi connectivity index (χ0v) is 25.7. The first kappa shape index (κ1) is 26.8. The van der Waals surface area contributed by atoms with Crippen molar-refractivity contribution in [2.24, 2.45) is 5.92 Å². The summed E-state index contributed by atoms with van der Waals surface area (Å²) in [5, 5.41) is 6.10. The first-order valence-electron chi connectivity index (χ1n) is 16.2. The topological polar surface area (TPSA) is 25.2 Å². The lowest BCUT2D eigenvalue weighted by Crippen LogP contribution is -2.30. The fourth-order valence-corrected chi connectivity index (χ4v) is 7.98. The Balaban J connectivity index is 1.20. The molecule has 2 unspecified atom stereocenters. The van der Waals surface area contributed by atoms with Gasteiger partial charge in [-0.3, -0.25) is 0 Å².